The van der Waals surface area contributed by atoms with Crippen molar-refractivity contribution >= 4 is 11.3 Å². The number of benzene rings is 1. The van der Waals surface area contributed by atoms with E-state index in [0.717, 1.165) is 23.9 Å². The van der Waals surface area contributed by atoms with Crippen molar-refractivity contribution in [2.24, 2.45) is 5.73 Å². The molecule has 0 unspecified atom stereocenters. The smallest absolute Gasteiger partial charge is 0.126 e. The van der Waals surface area contributed by atoms with E-state index in [0.29, 0.717) is 17.8 Å². The van der Waals surface area contributed by atoms with Crippen molar-refractivity contribution in [1.29, 1.82) is 0 Å². The van der Waals surface area contributed by atoms with Crippen LogP contribution in [0.5, 0.6) is 0 Å². The first-order chi connectivity index (χ1) is 8.19. The Balaban J connectivity index is 2.24. The number of hydrogen-bond donors (Lipinski definition) is 1. The highest BCUT2D eigenvalue weighted by atomic mass is 32.1. The third-order valence-corrected chi connectivity index (χ3v) is 3.21. The first-order valence-corrected chi connectivity index (χ1v) is 6.18. The van der Waals surface area contributed by atoms with Gasteiger partial charge in [-0.1, -0.05) is 0 Å². The van der Waals surface area contributed by atoms with Crippen LogP contribution in [0.4, 0.5) is 8.78 Å². The third kappa shape index (κ3) is 3.08. The van der Waals surface area contributed by atoms with Crippen molar-refractivity contribution in [2.75, 3.05) is 6.54 Å². The minimum absolute atomic E-state index is 0.470. The Hall–Kier alpha value is -1.33. The zero-order valence-corrected chi connectivity index (χ0v) is 9.94. The average Bonchev–Trinajstić information content (AvgIpc) is 2.73. The van der Waals surface area contributed by atoms with Gasteiger partial charge < -0.3 is 5.73 Å². The normalized spacial score (nSPS) is 10.8. The molecule has 1 aromatic heterocycles. The van der Waals surface area contributed by atoms with Gasteiger partial charge in [-0.2, -0.15) is 0 Å². The molecule has 2 N–H and O–H groups in total. The van der Waals surface area contributed by atoms with E-state index in [-0.39, 0.29) is 0 Å². The van der Waals surface area contributed by atoms with Gasteiger partial charge in [0.2, 0.25) is 0 Å². The van der Waals surface area contributed by atoms with Crippen LogP contribution in [0.25, 0.3) is 11.3 Å². The van der Waals surface area contributed by atoms with Crippen LogP contribution in [0.2, 0.25) is 0 Å². The van der Waals surface area contributed by atoms with Gasteiger partial charge >= 0.3 is 0 Å². The number of thiazole rings is 1. The maximum Gasteiger partial charge on any atom is 0.126 e. The van der Waals surface area contributed by atoms with E-state index < -0.39 is 11.6 Å². The average molecular weight is 254 g/mol. The first-order valence-electron chi connectivity index (χ1n) is 5.30. The second-order valence-corrected chi connectivity index (χ2v) is 4.62. The monoisotopic (exact) mass is 254 g/mol. The maximum atomic E-state index is 13.0. The van der Waals surface area contributed by atoms with E-state index in [1.807, 2.05) is 0 Å². The molecule has 5 heteroatoms. The van der Waals surface area contributed by atoms with E-state index in [2.05, 4.69) is 4.98 Å². The standard InChI is InChI=1S/C12H12F2N2S/c13-9-4-8(5-10(14)6-9)11-7-17-12(16-11)2-1-3-15/h4-7H,1-3,15H2. The summed E-state index contributed by atoms with van der Waals surface area (Å²) in [6.45, 7) is 0.615. The Bertz CT molecular complexity index is 491. The fourth-order valence-corrected chi connectivity index (χ4v) is 2.36. The van der Waals surface area contributed by atoms with Crippen molar-refractivity contribution in [1.82, 2.24) is 4.98 Å². The van der Waals surface area contributed by atoms with Gasteiger partial charge in [0, 0.05) is 23.4 Å². The van der Waals surface area contributed by atoms with Crippen molar-refractivity contribution in [3.63, 3.8) is 0 Å². The number of hydrogen-bond acceptors (Lipinski definition) is 3. The van der Waals surface area contributed by atoms with Gasteiger partial charge in [0.15, 0.2) is 0 Å². The minimum atomic E-state index is -0.587. The largest absolute Gasteiger partial charge is 0.330 e. The molecule has 0 saturated carbocycles. The molecular formula is C12H12F2N2S. The molecule has 0 spiro atoms. The summed E-state index contributed by atoms with van der Waals surface area (Å²) in [6.07, 6.45) is 1.67. The molecule has 0 aliphatic rings. The molecule has 1 heterocycles. The van der Waals surface area contributed by atoms with Gasteiger partial charge in [-0.15, -0.1) is 11.3 Å². The van der Waals surface area contributed by atoms with Gasteiger partial charge in [0.1, 0.15) is 11.6 Å². The molecule has 2 nitrogen and oxygen atoms in total. The van der Waals surface area contributed by atoms with E-state index in [4.69, 9.17) is 5.73 Å². The lowest BCUT2D eigenvalue weighted by Crippen LogP contribution is -1.99. The van der Waals surface area contributed by atoms with E-state index in [9.17, 15) is 8.78 Å². The number of halogens is 2. The number of nitrogens with zero attached hydrogens (tertiary/aromatic N) is 1. The number of rotatable bonds is 4. The topological polar surface area (TPSA) is 38.9 Å². The molecule has 0 fully saturated rings. The fourth-order valence-electron chi connectivity index (χ4n) is 1.51. The lowest BCUT2D eigenvalue weighted by molar-refractivity contribution is 0.584. The van der Waals surface area contributed by atoms with E-state index >= 15 is 0 Å². The third-order valence-electron chi connectivity index (χ3n) is 2.30. The highest BCUT2D eigenvalue weighted by molar-refractivity contribution is 7.09. The highest BCUT2D eigenvalue weighted by Crippen LogP contribution is 2.24. The van der Waals surface area contributed by atoms with Crippen molar-refractivity contribution in [2.45, 2.75) is 12.8 Å². The Morgan fingerprint density at radius 1 is 1.18 bits per heavy atom. The lowest BCUT2D eigenvalue weighted by Gasteiger charge is -1.98. The van der Waals surface area contributed by atoms with E-state index in [1.54, 1.807) is 5.38 Å². The van der Waals surface area contributed by atoms with Crippen molar-refractivity contribution in [3.05, 3.63) is 40.2 Å². The lowest BCUT2D eigenvalue weighted by atomic mass is 10.1. The summed E-state index contributed by atoms with van der Waals surface area (Å²) in [5, 5.41) is 2.75. The molecule has 0 amide bonds. The van der Waals surface area contributed by atoms with Crippen LogP contribution >= 0.6 is 11.3 Å². The van der Waals surface area contributed by atoms with Gasteiger partial charge in [-0.05, 0) is 25.1 Å². The molecule has 90 valence electrons. The van der Waals surface area contributed by atoms with Crippen molar-refractivity contribution < 1.29 is 8.78 Å². The minimum Gasteiger partial charge on any atom is -0.330 e. The second kappa shape index (κ2) is 5.33. The van der Waals surface area contributed by atoms with E-state index in [1.165, 1.54) is 23.5 Å². The van der Waals surface area contributed by atoms with Crippen LogP contribution < -0.4 is 5.73 Å². The zero-order valence-electron chi connectivity index (χ0n) is 9.12. The predicted octanol–water partition coefficient (Wildman–Crippen LogP) is 2.98. The molecule has 0 atom stereocenters. The summed E-state index contributed by atoms with van der Waals surface area (Å²) in [6, 6.07) is 3.42. The number of aromatic nitrogens is 1. The zero-order chi connectivity index (χ0) is 12.3. The van der Waals surface area contributed by atoms with Gasteiger partial charge in [-0.3, -0.25) is 0 Å². The van der Waals surface area contributed by atoms with Crippen LogP contribution in [0.1, 0.15) is 11.4 Å². The Morgan fingerprint density at radius 2 is 1.88 bits per heavy atom. The number of aryl methyl sites for hydroxylation is 1. The summed E-state index contributed by atoms with van der Waals surface area (Å²) in [7, 11) is 0. The molecule has 0 bridgehead atoms. The van der Waals surface area contributed by atoms with Crippen LogP contribution in [0.3, 0.4) is 0 Å². The molecule has 1 aromatic carbocycles. The molecule has 0 aliphatic carbocycles. The Morgan fingerprint density at radius 3 is 2.53 bits per heavy atom. The van der Waals surface area contributed by atoms with Crippen LogP contribution in [0, 0.1) is 11.6 Å². The molecule has 0 saturated heterocycles. The van der Waals surface area contributed by atoms with Crippen LogP contribution in [0.15, 0.2) is 23.6 Å². The SMILES string of the molecule is NCCCc1nc(-c2cc(F)cc(F)c2)cs1. The van der Waals surface area contributed by atoms with Crippen molar-refractivity contribution in [3.8, 4) is 11.3 Å². The summed E-state index contributed by atoms with van der Waals surface area (Å²) >= 11 is 1.48. The van der Waals surface area contributed by atoms with Gasteiger partial charge in [-0.25, -0.2) is 13.8 Å². The molecular weight excluding hydrogens is 242 g/mol. The number of nitrogens with two attached hydrogens (primary N) is 1. The Labute approximate surface area is 102 Å². The summed E-state index contributed by atoms with van der Waals surface area (Å²) in [5.41, 5.74) is 6.49. The van der Waals surface area contributed by atoms with Crippen LogP contribution in [-0.2, 0) is 6.42 Å². The highest BCUT2D eigenvalue weighted by Gasteiger charge is 2.07. The molecule has 0 aliphatic heterocycles. The molecule has 2 rings (SSSR count). The maximum absolute atomic E-state index is 13.0. The van der Waals surface area contributed by atoms with Gasteiger partial charge in [0.05, 0.1) is 10.7 Å². The van der Waals surface area contributed by atoms with Gasteiger partial charge in [0.25, 0.3) is 0 Å². The second-order valence-electron chi connectivity index (χ2n) is 3.68. The Kier molecular flexibility index (Phi) is 3.81. The quantitative estimate of drug-likeness (QED) is 0.911. The molecule has 17 heavy (non-hydrogen) atoms. The van der Waals surface area contributed by atoms with Crippen LogP contribution in [-0.4, -0.2) is 11.5 Å². The molecule has 2 aromatic rings. The summed E-state index contributed by atoms with van der Waals surface area (Å²) in [4.78, 5) is 4.33. The first kappa shape index (κ1) is 12.1. The predicted molar refractivity (Wildman–Crippen MR) is 64.8 cm³/mol. The fraction of sp³-hybridized carbons (Fsp3) is 0.250. The molecule has 0 radical (unpaired) electrons. The summed E-state index contributed by atoms with van der Waals surface area (Å²) in [5.74, 6) is -1.17. The summed E-state index contributed by atoms with van der Waals surface area (Å²) < 4.78 is 26.1.